The molecule has 2 saturated heterocycles. The number of carbonyl (C=O) groups excluding carboxylic acids is 1. The number of nitrogens with two attached hydrogens (primary N) is 1. The van der Waals surface area contributed by atoms with Gasteiger partial charge in [-0.1, -0.05) is 6.42 Å². The molecule has 2 aliphatic rings. The first-order valence-electron chi connectivity index (χ1n) is 7.62. The van der Waals surface area contributed by atoms with E-state index in [0.29, 0.717) is 17.8 Å². The maximum absolute atomic E-state index is 13.8. The van der Waals surface area contributed by atoms with Gasteiger partial charge in [0, 0.05) is 23.8 Å². The summed E-state index contributed by atoms with van der Waals surface area (Å²) in [5.41, 5.74) is 5.92. The summed E-state index contributed by atoms with van der Waals surface area (Å²) in [6.45, 7) is 0. The molecule has 1 amide bonds. The van der Waals surface area contributed by atoms with Gasteiger partial charge in [-0.2, -0.15) is 0 Å². The predicted molar refractivity (Wildman–Crippen MR) is 80.5 cm³/mol. The molecule has 1 aromatic rings. The number of rotatable bonds is 2. The molecule has 3 N–H and O–H groups in total. The largest absolute Gasteiger partial charge is 0.399 e. The van der Waals surface area contributed by atoms with Crippen molar-refractivity contribution in [2.45, 2.75) is 50.2 Å². The first-order valence-corrected chi connectivity index (χ1v) is 7.62. The predicted octanol–water partition coefficient (Wildman–Crippen LogP) is 2.15. The van der Waals surface area contributed by atoms with Crippen LogP contribution < -0.4 is 11.1 Å². The molecule has 0 spiro atoms. The Balaban J connectivity index is 1.68. The van der Waals surface area contributed by atoms with Gasteiger partial charge in [0.2, 0.25) is 0 Å². The molecule has 0 saturated carbocycles. The van der Waals surface area contributed by atoms with Crippen molar-refractivity contribution < 1.29 is 9.18 Å². The number of amides is 1. The fourth-order valence-electron chi connectivity index (χ4n) is 3.71. The lowest BCUT2D eigenvalue weighted by Crippen LogP contribution is -2.55. The fourth-order valence-corrected chi connectivity index (χ4v) is 3.71. The third-order valence-electron chi connectivity index (χ3n) is 4.91. The van der Waals surface area contributed by atoms with Gasteiger partial charge in [0.1, 0.15) is 5.82 Å². The van der Waals surface area contributed by atoms with Crippen LogP contribution in [0.25, 0.3) is 0 Å². The van der Waals surface area contributed by atoms with Crippen LogP contribution in [0.1, 0.15) is 42.5 Å². The molecule has 2 aliphatic heterocycles. The van der Waals surface area contributed by atoms with Crippen LogP contribution in [0.5, 0.6) is 0 Å². The van der Waals surface area contributed by atoms with E-state index in [9.17, 15) is 9.18 Å². The van der Waals surface area contributed by atoms with Crippen LogP contribution in [0.15, 0.2) is 18.2 Å². The molecule has 3 atom stereocenters. The van der Waals surface area contributed by atoms with Crippen molar-refractivity contribution in [2.75, 3.05) is 12.8 Å². The maximum atomic E-state index is 13.8. The van der Waals surface area contributed by atoms with Gasteiger partial charge in [0.15, 0.2) is 0 Å². The van der Waals surface area contributed by atoms with Crippen molar-refractivity contribution in [3.63, 3.8) is 0 Å². The summed E-state index contributed by atoms with van der Waals surface area (Å²) in [5.74, 6) is -0.888. The fraction of sp³-hybridized carbons (Fsp3) is 0.562. The van der Waals surface area contributed by atoms with E-state index in [1.165, 1.54) is 31.4 Å². The summed E-state index contributed by atoms with van der Waals surface area (Å²) >= 11 is 0. The molecule has 2 bridgehead atoms. The normalized spacial score (nSPS) is 29.1. The second-order valence-corrected chi connectivity index (χ2v) is 6.29. The van der Waals surface area contributed by atoms with Crippen LogP contribution in [-0.4, -0.2) is 36.0 Å². The van der Waals surface area contributed by atoms with Crippen molar-refractivity contribution >= 4 is 11.6 Å². The van der Waals surface area contributed by atoms with Crippen LogP contribution in [0, 0.1) is 5.82 Å². The van der Waals surface area contributed by atoms with Crippen LogP contribution in [0.3, 0.4) is 0 Å². The highest BCUT2D eigenvalue weighted by molar-refractivity contribution is 5.95. The summed E-state index contributed by atoms with van der Waals surface area (Å²) in [5, 5.41) is 3.00. The Hall–Kier alpha value is -1.62. The van der Waals surface area contributed by atoms with E-state index in [4.69, 9.17) is 5.73 Å². The van der Waals surface area contributed by atoms with E-state index in [0.717, 1.165) is 12.8 Å². The van der Waals surface area contributed by atoms with E-state index in [1.54, 1.807) is 6.07 Å². The average Bonchev–Trinajstić information content (AvgIpc) is 2.39. The van der Waals surface area contributed by atoms with Crippen LogP contribution in [0.4, 0.5) is 10.1 Å². The average molecular weight is 291 g/mol. The Morgan fingerprint density at radius 3 is 2.62 bits per heavy atom. The number of nitrogens with zero attached hydrogens (tertiary/aromatic N) is 1. The topological polar surface area (TPSA) is 58.4 Å². The summed E-state index contributed by atoms with van der Waals surface area (Å²) < 4.78 is 13.8. The lowest BCUT2D eigenvalue weighted by Gasteiger charge is -2.47. The minimum absolute atomic E-state index is 0.0771. The number of nitrogens with one attached hydrogen (secondary N) is 1. The van der Waals surface area contributed by atoms with Gasteiger partial charge >= 0.3 is 0 Å². The summed E-state index contributed by atoms with van der Waals surface area (Å²) in [7, 11) is 2.17. The van der Waals surface area contributed by atoms with Crippen LogP contribution in [0.2, 0.25) is 0 Å². The lowest BCUT2D eigenvalue weighted by molar-refractivity contribution is 0.0462. The summed E-state index contributed by atoms with van der Waals surface area (Å²) in [4.78, 5) is 14.7. The Labute approximate surface area is 124 Å². The second-order valence-electron chi connectivity index (χ2n) is 6.29. The minimum Gasteiger partial charge on any atom is -0.399 e. The zero-order valence-corrected chi connectivity index (χ0v) is 12.3. The van der Waals surface area contributed by atoms with Crippen LogP contribution >= 0.6 is 0 Å². The minimum atomic E-state index is -0.555. The molecule has 0 radical (unpaired) electrons. The summed E-state index contributed by atoms with van der Waals surface area (Å²) in [6.07, 6.45) is 5.56. The number of hydrogen-bond acceptors (Lipinski definition) is 3. The SMILES string of the molecule is CN1[C@@H]2CCC[C@H]1CC(NC(=O)c1ccc(N)cc1F)C2. The number of benzene rings is 1. The number of hydrogen-bond donors (Lipinski definition) is 2. The number of fused-ring (bicyclic) bond motifs is 2. The molecule has 0 aromatic heterocycles. The van der Waals surface area contributed by atoms with E-state index in [1.807, 2.05) is 0 Å². The van der Waals surface area contributed by atoms with Gasteiger partial charge in [-0.25, -0.2) is 4.39 Å². The molecule has 4 nitrogen and oxygen atoms in total. The smallest absolute Gasteiger partial charge is 0.254 e. The number of carbonyl (C=O) groups is 1. The Bertz CT molecular complexity index is 534. The van der Waals surface area contributed by atoms with E-state index < -0.39 is 5.82 Å². The summed E-state index contributed by atoms with van der Waals surface area (Å²) in [6, 6.07) is 5.43. The van der Waals surface area contributed by atoms with E-state index in [-0.39, 0.29) is 17.5 Å². The van der Waals surface area contributed by atoms with Crippen molar-refractivity contribution in [1.29, 1.82) is 0 Å². The first kappa shape index (κ1) is 14.3. The van der Waals surface area contributed by atoms with Gasteiger partial charge in [0.05, 0.1) is 5.56 Å². The van der Waals surface area contributed by atoms with Gasteiger partial charge in [-0.05, 0) is 50.9 Å². The van der Waals surface area contributed by atoms with Crippen molar-refractivity contribution in [2.24, 2.45) is 0 Å². The molecular formula is C16H22FN3O. The quantitative estimate of drug-likeness (QED) is 0.821. The zero-order valence-electron chi connectivity index (χ0n) is 12.3. The van der Waals surface area contributed by atoms with Gasteiger partial charge in [-0.15, -0.1) is 0 Å². The molecule has 1 unspecified atom stereocenters. The van der Waals surface area contributed by atoms with Crippen molar-refractivity contribution in [3.8, 4) is 0 Å². The first-order chi connectivity index (χ1) is 10.0. The molecule has 114 valence electrons. The van der Waals surface area contributed by atoms with Gasteiger partial charge in [0.25, 0.3) is 5.91 Å². The molecular weight excluding hydrogens is 269 g/mol. The number of piperidine rings is 2. The molecule has 1 aromatic carbocycles. The monoisotopic (exact) mass is 291 g/mol. The molecule has 5 heteroatoms. The third-order valence-corrected chi connectivity index (χ3v) is 4.91. The van der Waals surface area contributed by atoms with Crippen LogP contribution in [-0.2, 0) is 0 Å². The Morgan fingerprint density at radius 1 is 1.33 bits per heavy atom. The number of nitrogen functional groups attached to an aromatic ring is 1. The molecule has 0 aliphatic carbocycles. The second kappa shape index (κ2) is 5.64. The molecule has 3 rings (SSSR count). The molecule has 21 heavy (non-hydrogen) atoms. The standard InChI is InChI=1S/C16H22FN3O/c1-20-12-3-2-4-13(20)9-11(8-12)19-16(21)14-6-5-10(18)7-15(14)17/h5-7,11-13H,2-4,8-9,18H2,1H3,(H,19,21)/t11?,12-,13+. The maximum Gasteiger partial charge on any atom is 0.254 e. The highest BCUT2D eigenvalue weighted by Crippen LogP contribution is 2.32. The van der Waals surface area contributed by atoms with E-state index in [2.05, 4.69) is 17.3 Å². The third kappa shape index (κ3) is 2.88. The number of anilines is 1. The van der Waals surface area contributed by atoms with Crippen molar-refractivity contribution in [1.82, 2.24) is 10.2 Å². The van der Waals surface area contributed by atoms with Gasteiger partial charge in [-0.3, -0.25) is 4.79 Å². The Morgan fingerprint density at radius 2 is 2.00 bits per heavy atom. The van der Waals surface area contributed by atoms with E-state index >= 15 is 0 Å². The lowest BCUT2D eigenvalue weighted by atomic mass is 9.82. The Kier molecular flexibility index (Phi) is 3.85. The molecule has 2 fully saturated rings. The highest BCUT2D eigenvalue weighted by atomic mass is 19.1. The zero-order chi connectivity index (χ0) is 15.0. The highest BCUT2D eigenvalue weighted by Gasteiger charge is 2.36. The van der Waals surface area contributed by atoms with Gasteiger partial charge < -0.3 is 16.0 Å². The number of halogens is 1. The van der Waals surface area contributed by atoms with Crippen molar-refractivity contribution in [3.05, 3.63) is 29.6 Å². The molecule has 2 heterocycles.